The molecule has 2 aliphatic carbocycles. The number of pyridine rings is 2. The highest BCUT2D eigenvalue weighted by atomic mass is 16.5. The topological polar surface area (TPSA) is 39.4 Å². The second-order valence-corrected chi connectivity index (χ2v) is 12.5. The second-order valence-electron chi connectivity index (χ2n) is 12.5. The maximum Gasteiger partial charge on any atom is 0.128 e. The summed E-state index contributed by atoms with van der Waals surface area (Å²) in [6.45, 7) is 0. The van der Waals surface area contributed by atoms with Crippen molar-refractivity contribution in [2.45, 2.75) is 31.1 Å². The molecule has 0 radical (unpaired) electrons. The van der Waals surface area contributed by atoms with Crippen molar-refractivity contribution in [1.82, 2.24) is 14.4 Å². The number of fused-ring (bicyclic) bond motifs is 10. The van der Waals surface area contributed by atoms with E-state index in [0.717, 1.165) is 41.3 Å². The first-order valence-electron chi connectivity index (χ1n) is 15.9. The summed E-state index contributed by atoms with van der Waals surface area (Å²) in [4.78, 5) is 9.47. The number of benzene rings is 4. The first kappa shape index (κ1) is 24.9. The molecule has 4 heterocycles. The minimum atomic E-state index is -0.0522. The van der Waals surface area contributed by atoms with Crippen LogP contribution in [0.3, 0.4) is 0 Å². The molecule has 1 saturated carbocycles. The SMILES string of the molecule is c1ccc(-c2cccc(Oc3cc(-c4ccccn4)c4c(c3)-c3c(c5cccc6c7ccccc7n3c56)C43CCCC3)c2)nc1. The van der Waals surface area contributed by atoms with E-state index in [1.54, 1.807) is 0 Å². The summed E-state index contributed by atoms with van der Waals surface area (Å²) >= 11 is 0. The number of nitrogens with zero attached hydrogens (tertiary/aromatic N) is 3. The number of hydrogen-bond donors (Lipinski definition) is 0. The van der Waals surface area contributed by atoms with Crippen molar-refractivity contribution in [3.8, 4) is 45.3 Å². The number of hydrogen-bond acceptors (Lipinski definition) is 3. The molecule has 4 nitrogen and oxygen atoms in total. The largest absolute Gasteiger partial charge is 0.457 e. The minimum Gasteiger partial charge on any atom is -0.457 e. The van der Waals surface area contributed by atoms with Crippen LogP contribution in [-0.4, -0.2) is 14.4 Å². The van der Waals surface area contributed by atoms with Gasteiger partial charge in [-0.1, -0.05) is 73.5 Å². The van der Waals surface area contributed by atoms with Gasteiger partial charge in [0.25, 0.3) is 0 Å². The average molecular weight is 580 g/mol. The van der Waals surface area contributed by atoms with Crippen molar-refractivity contribution in [3.63, 3.8) is 0 Å². The Morgan fingerprint density at radius 3 is 2.11 bits per heavy atom. The van der Waals surface area contributed by atoms with Crippen LogP contribution in [0.5, 0.6) is 11.5 Å². The van der Waals surface area contributed by atoms with E-state index < -0.39 is 0 Å². The molecule has 45 heavy (non-hydrogen) atoms. The highest BCUT2D eigenvalue weighted by Crippen LogP contribution is 2.63. The molecule has 4 aromatic heterocycles. The van der Waals surface area contributed by atoms with E-state index in [1.165, 1.54) is 68.0 Å². The highest BCUT2D eigenvalue weighted by molar-refractivity contribution is 6.18. The van der Waals surface area contributed by atoms with Gasteiger partial charge in [0.05, 0.1) is 28.1 Å². The number of para-hydroxylation sites is 2. The zero-order chi connectivity index (χ0) is 29.5. The molecule has 0 aliphatic heterocycles. The van der Waals surface area contributed by atoms with Crippen molar-refractivity contribution >= 4 is 27.2 Å². The molecule has 0 saturated heterocycles. The third-order valence-electron chi connectivity index (χ3n) is 10.2. The van der Waals surface area contributed by atoms with Crippen LogP contribution in [0.25, 0.3) is 61.0 Å². The van der Waals surface area contributed by atoms with Crippen LogP contribution in [0.4, 0.5) is 0 Å². The predicted octanol–water partition coefficient (Wildman–Crippen LogP) is 10.4. The maximum atomic E-state index is 6.76. The summed E-state index contributed by atoms with van der Waals surface area (Å²) < 4.78 is 9.31. The summed E-state index contributed by atoms with van der Waals surface area (Å²) in [5.74, 6) is 1.61. The van der Waals surface area contributed by atoms with Crippen LogP contribution in [0, 0.1) is 0 Å². The molecule has 10 rings (SSSR count). The summed E-state index contributed by atoms with van der Waals surface area (Å²) in [7, 11) is 0. The quantitative estimate of drug-likeness (QED) is 0.208. The van der Waals surface area contributed by atoms with Crippen LogP contribution >= 0.6 is 0 Å². The second kappa shape index (κ2) is 9.26. The van der Waals surface area contributed by atoms with Crippen molar-refractivity contribution in [3.05, 3.63) is 139 Å². The van der Waals surface area contributed by atoms with E-state index in [2.05, 4.69) is 88.2 Å². The molecule has 2 aliphatic rings. The van der Waals surface area contributed by atoms with Gasteiger partial charge >= 0.3 is 0 Å². The van der Waals surface area contributed by atoms with Crippen molar-refractivity contribution in [2.75, 3.05) is 0 Å². The minimum absolute atomic E-state index is 0.0522. The van der Waals surface area contributed by atoms with Gasteiger partial charge in [0, 0.05) is 50.7 Å². The van der Waals surface area contributed by atoms with E-state index in [9.17, 15) is 0 Å². The molecule has 0 bridgehead atoms. The summed E-state index contributed by atoms with van der Waals surface area (Å²) in [6.07, 6.45) is 8.47. The molecule has 214 valence electrons. The van der Waals surface area contributed by atoms with Crippen molar-refractivity contribution in [1.29, 1.82) is 0 Å². The lowest BCUT2D eigenvalue weighted by atomic mass is 9.73. The molecule has 0 unspecified atom stereocenters. The predicted molar refractivity (Wildman–Crippen MR) is 181 cm³/mol. The van der Waals surface area contributed by atoms with Crippen molar-refractivity contribution < 1.29 is 4.74 Å². The number of aromatic nitrogens is 3. The number of rotatable bonds is 4. The Balaban J connectivity index is 1.27. The Hall–Kier alpha value is -5.48. The first-order chi connectivity index (χ1) is 22.3. The molecule has 4 aromatic carbocycles. The van der Waals surface area contributed by atoms with Gasteiger partial charge < -0.3 is 9.14 Å². The Morgan fingerprint density at radius 2 is 1.29 bits per heavy atom. The maximum absolute atomic E-state index is 6.76. The fourth-order valence-electron chi connectivity index (χ4n) is 8.52. The van der Waals surface area contributed by atoms with Gasteiger partial charge in [0.2, 0.25) is 0 Å². The summed E-state index contributed by atoms with van der Waals surface area (Å²) in [5, 5.41) is 4.02. The van der Waals surface area contributed by atoms with E-state index in [1.807, 2.05) is 48.8 Å². The Kier molecular flexibility index (Phi) is 5.13. The first-order valence-corrected chi connectivity index (χ1v) is 15.9. The van der Waals surface area contributed by atoms with Gasteiger partial charge in [-0.25, -0.2) is 0 Å². The van der Waals surface area contributed by atoms with Gasteiger partial charge in [0.15, 0.2) is 0 Å². The van der Waals surface area contributed by atoms with E-state index in [4.69, 9.17) is 9.72 Å². The fraction of sp³-hybridized carbons (Fsp3) is 0.122. The van der Waals surface area contributed by atoms with Gasteiger partial charge in [-0.05, 0) is 78.6 Å². The molecule has 1 fully saturated rings. The molecule has 0 amide bonds. The highest BCUT2D eigenvalue weighted by Gasteiger charge is 2.50. The van der Waals surface area contributed by atoms with Gasteiger partial charge in [-0.15, -0.1) is 0 Å². The van der Waals surface area contributed by atoms with E-state index in [0.29, 0.717) is 0 Å². The van der Waals surface area contributed by atoms with Gasteiger partial charge in [-0.3, -0.25) is 9.97 Å². The standard InChI is InChI=1S/C41H29N3O/c1-2-18-36-29(13-1)30-14-10-15-31-38-40(44(36)39(30)31)33-25-28(45-27-12-9-11-26(23-27)34-16-3-7-21-42-34)24-32(35-17-4-8-22-43-35)37(33)41(38)19-5-6-20-41/h1-4,7-18,21-25H,5-6,19-20H2. The number of ether oxygens (including phenoxy) is 1. The van der Waals surface area contributed by atoms with Gasteiger partial charge in [-0.2, -0.15) is 0 Å². The summed E-state index contributed by atoms with van der Waals surface area (Å²) in [5.41, 5.74) is 12.2. The van der Waals surface area contributed by atoms with Crippen LogP contribution in [0.2, 0.25) is 0 Å². The lowest BCUT2D eigenvalue weighted by Crippen LogP contribution is -2.21. The lowest BCUT2D eigenvalue weighted by Gasteiger charge is -2.29. The lowest BCUT2D eigenvalue weighted by molar-refractivity contribution is 0.482. The van der Waals surface area contributed by atoms with E-state index in [-0.39, 0.29) is 5.41 Å². The monoisotopic (exact) mass is 579 g/mol. The van der Waals surface area contributed by atoms with Crippen LogP contribution in [0.1, 0.15) is 36.8 Å². The van der Waals surface area contributed by atoms with Gasteiger partial charge in [0.1, 0.15) is 11.5 Å². The normalized spacial score (nSPS) is 14.9. The molecular weight excluding hydrogens is 550 g/mol. The van der Waals surface area contributed by atoms with Crippen LogP contribution < -0.4 is 4.74 Å². The zero-order valence-corrected chi connectivity index (χ0v) is 24.7. The van der Waals surface area contributed by atoms with Crippen LogP contribution in [-0.2, 0) is 5.41 Å². The third kappa shape index (κ3) is 3.42. The Labute approximate surface area is 260 Å². The zero-order valence-electron chi connectivity index (χ0n) is 24.7. The van der Waals surface area contributed by atoms with Crippen molar-refractivity contribution in [2.24, 2.45) is 0 Å². The fourth-order valence-corrected chi connectivity index (χ4v) is 8.52. The molecule has 4 heteroatoms. The smallest absolute Gasteiger partial charge is 0.128 e. The van der Waals surface area contributed by atoms with E-state index >= 15 is 0 Å². The molecule has 0 N–H and O–H groups in total. The average Bonchev–Trinajstić information content (AvgIpc) is 3.86. The Morgan fingerprint density at radius 1 is 0.578 bits per heavy atom. The third-order valence-corrected chi connectivity index (χ3v) is 10.2. The van der Waals surface area contributed by atoms with Crippen LogP contribution in [0.15, 0.2) is 128 Å². The molecule has 8 aromatic rings. The molecule has 0 atom stereocenters. The Bertz CT molecular complexity index is 2400. The molecular formula is C41H29N3O. The summed E-state index contributed by atoms with van der Waals surface area (Å²) in [6, 6.07) is 40.7. The molecule has 1 spiro atoms.